The first kappa shape index (κ1) is 7.20. The van der Waals surface area contributed by atoms with Crippen LogP contribution in [0.15, 0.2) is 24.3 Å². The summed E-state index contributed by atoms with van der Waals surface area (Å²) in [5.74, 6) is 0.872. The van der Waals surface area contributed by atoms with E-state index in [9.17, 15) is 0 Å². The Morgan fingerprint density at radius 3 is 2.30 bits per heavy atom. The van der Waals surface area contributed by atoms with Gasteiger partial charge in [-0.15, -0.1) is 0 Å². The highest BCUT2D eigenvalue weighted by Gasteiger charge is 1.88. The van der Waals surface area contributed by atoms with E-state index >= 15 is 0 Å². The molecule has 0 atom stereocenters. The zero-order chi connectivity index (χ0) is 7.40. The van der Waals surface area contributed by atoms with Gasteiger partial charge in [-0.2, -0.15) is 0 Å². The van der Waals surface area contributed by atoms with E-state index in [2.05, 4.69) is 0 Å². The molecule has 2 radical (unpaired) electrons. The SMILES string of the molecule is [B]Cc1ccc(OC)cc1. The molecule has 0 aromatic heterocycles. The van der Waals surface area contributed by atoms with Gasteiger partial charge in [0.2, 0.25) is 0 Å². The van der Waals surface area contributed by atoms with Crippen molar-refractivity contribution in [1.82, 2.24) is 0 Å². The minimum absolute atomic E-state index is 0.587. The molecule has 0 fully saturated rings. The molecule has 1 rings (SSSR count). The van der Waals surface area contributed by atoms with Gasteiger partial charge in [0, 0.05) is 0 Å². The molecule has 0 heterocycles. The number of rotatable bonds is 2. The molecule has 0 aliphatic rings. The zero-order valence-electron chi connectivity index (χ0n) is 6.00. The predicted octanol–water partition coefficient (Wildman–Crippen LogP) is 1.36. The summed E-state index contributed by atoms with van der Waals surface area (Å²) in [6.45, 7) is 0. The van der Waals surface area contributed by atoms with E-state index in [0.717, 1.165) is 11.3 Å². The van der Waals surface area contributed by atoms with Crippen molar-refractivity contribution in [2.75, 3.05) is 7.11 Å². The van der Waals surface area contributed by atoms with Crippen molar-refractivity contribution in [2.24, 2.45) is 0 Å². The lowest BCUT2D eigenvalue weighted by Crippen LogP contribution is -1.85. The standard InChI is InChI=1S/C8H9BO/c1-10-8-4-2-7(6-9)3-5-8/h2-5H,6H2,1H3. The number of hydrogen-bond acceptors (Lipinski definition) is 1. The van der Waals surface area contributed by atoms with Crippen LogP contribution in [0.25, 0.3) is 0 Å². The fourth-order valence-corrected chi connectivity index (χ4v) is 0.762. The van der Waals surface area contributed by atoms with Crippen molar-refractivity contribution in [2.45, 2.75) is 6.32 Å². The highest BCUT2D eigenvalue weighted by Crippen LogP contribution is 2.10. The lowest BCUT2D eigenvalue weighted by Gasteiger charge is -1.99. The first-order chi connectivity index (χ1) is 4.86. The van der Waals surface area contributed by atoms with Crippen LogP contribution in [0.4, 0.5) is 0 Å². The second-order valence-corrected chi connectivity index (χ2v) is 2.05. The fourth-order valence-electron chi connectivity index (χ4n) is 0.762. The first-order valence-corrected chi connectivity index (χ1v) is 3.20. The van der Waals surface area contributed by atoms with Gasteiger partial charge >= 0.3 is 0 Å². The summed E-state index contributed by atoms with van der Waals surface area (Å²) in [5, 5.41) is 0. The van der Waals surface area contributed by atoms with E-state index in [1.807, 2.05) is 24.3 Å². The van der Waals surface area contributed by atoms with E-state index in [4.69, 9.17) is 12.6 Å². The third-order valence-corrected chi connectivity index (χ3v) is 1.39. The molecular formula is C8H9BO. The molecule has 0 spiro atoms. The van der Waals surface area contributed by atoms with Gasteiger partial charge in [0.15, 0.2) is 0 Å². The molecule has 0 amide bonds. The molecule has 1 aromatic carbocycles. The topological polar surface area (TPSA) is 9.23 Å². The largest absolute Gasteiger partial charge is 0.497 e. The highest BCUT2D eigenvalue weighted by atomic mass is 16.5. The lowest BCUT2D eigenvalue weighted by atomic mass is 9.97. The van der Waals surface area contributed by atoms with Gasteiger partial charge in [0.25, 0.3) is 0 Å². The molecule has 0 N–H and O–H groups in total. The molecule has 1 nitrogen and oxygen atoms in total. The van der Waals surface area contributed by atoms with Crippen molar-refractivity contribution < 1.29 is 4.74 Å². The van der Waals surface area contributed by atoms with Crippen LogP contribution in [0.3, 0.4) is 0 Å². The van der Waals surface area contributed by atoms with Gasteiger partial charge in [0.05, 0.1) is 15.0 Å². The summed E-state index contributed by atoms with van der Waals surface area (Å²) in [4.78, 5) is 0. The van der Waals surface area contributed by atoms with Crippen LogP contribution in [0, 0.1) is 0 Å². The average Bonchev–Trinajstić information content (AvgIpc) is 2.05. The van der Waals surface area contributed by atoms with E-state index < -0.39 is 0 Å². The van der Waals surface area contributed by atoms with E-state index in [1.165, 1.54) is 0 Å². The maximum Gasteiger partial charge on any atom is 0.118 e. The maximum atomic E-state index is 5.40. The van der Waals surface area contributed by atoms with Gasteiger partial charge in [-0.05, 0) is 12.1 Å². The summed E-state index contributed by atoms with van der Waals surface area (Å²) < 4.78 is 4.97. The Labute approximate surface area is 62.4 Å². The Balaban J connectivity index is 2.80. The van der Waals surface area contributed by atoms with Gasteiger partial charge in [-0.1, -0.05) is 24.0 Å². The van der Waals surface area contributed by atoms with Crippen molar-refractivity contribution in [3.05, 3.63) is 29.8 Å². The molecule has 0 unspecified atom stereocenters. The molecule has 2 heteroatoms. The van der Waals surface area contributed by atoms with E-state index in [1.54, 1.807) is 7.11 Å². The molecule has 50 valence electrons. The number of methoxy groups -OCH3 is 1. The van der Waals surface area contributed by atoms with E-state index in [0.29, 0.717) is 6.32 Å². The third-order valence-electron chi connectivity index (χ3n) is 1.39. The molecule has 1 aromatic rings. The molecule has 0 aliphatic heterocycles. The Morgan fingerprint density at radius 1 is 1.30 bits per heavy atom. The van der Waals surface area contributed by atoms with Crippen LogP contribution < -0.4 is 4.74 Å². The van der Waals surface area contributed by atoms with Gasteiger partial charge in [0.1, 0.15) is 5.75 Å². The lowest BCUT2D eigenvalue weighted by molar-refractivity contribution is 0.414. The molecule has 10 heavy (non-hydrogen) atoms. The Hall–Kier alpha value is -0.915. The van der Waals surface area contributed by atoms with Crippen LogP contribution in [0.5, 0.6) is 5.75 Å². The molecule has 0 aliphatic carbocycles. The minimum Gasteiger partial charge on any atom is -0.497 e. The maximum absolute atomic E-state index is 5.40. The Kier molecular flexibility index (Phi) is 2.38. The van der Waals surface area contributed by atoms with Gasteiger partial charge in [-0.25, -0.2) is 0 Å². The highest BCUT2D eigenvalue weighted by molar-refractivity contribution is 6.08. The average molecular weight is 132 g/mol. The van der Waals surface area contributed by atoms with Crippen LogP contribution in [-0.4, -0.2) is 15.0 Å². The first-order valence-electron chi connectivity index (χ1n) is 3.20. The molecule has 0 bridgehead atoms. The summed E-state index contributed by atoms with van der Waals surface area (Å²) in [5.41, 5.74) is 1.13. The number of hydrogen-bond donors (Lipinski definition) is 0. The van der Waals surface area contributed by atoms with Crippen LogP contribution in [-0.2, 0) is 6.32 Å². The van der Waals surface area contributed by atoms with Gasteiger partial charge in [-0.3, -0.25) is 0 Å². The monoisotopic (exact) mass is 132 g/mol. The van der Waals surface area contributed by atoms with Crippen molar-refractivity contribution >= 4 is 7.85 Å². The summed E-state index contributed by atoms with van der Waals surface area (Å²) in [6, 6.07) is 7.72. The predicted molar refractivity (Wildman–Crippen MR) is 42.5 cm³/mol. The Bertz CT molecular complexity index is 170. The second kappa shape index (κ2) is 3.30. The van der Waals surface area contributed by atoms with Gasteiger partial charge < -0.3 is 4.74 Å². The zero-order valence-corrected chi connectivity index (χ0v) is 6.00. The summed E-state index contributed by atoms with van der Waals surface area (Å²) in [6.07, 6.45) is 0.587. The van der Waals surface area contributed by atoms with E-state index in [-0.39, 0.29) is 0 Å². The molecular weight excluding hydrogens is 123 g/mol. The molecule has 0 saturated heterocycles. The normalized spacial score (nSPS) is 9.30. The minimum atomic E-state index is 0.587. The van der Waals surface area contributed by atoms with Crippen LogP contribution >= 0.6 is 0 Å². The summed E-state index contributed by atoms with van der Waals surface area (Å²) >= 11 is 0. The van der Waals surface area contributed by atoms with Crippen LogP contribution in [0.1, 0.15) is 5.56 Å². The van der Waals surface area contributed by atoms with Crippen molar-refractivity contribution in [3.8, 4) is 5.75 Å². The van der Waals surface area contributed by atoms with Crippen molar-refractivity contribution in [3.63, 3.8) is 0 Å². The summed E-state index contributed by atoms with van der Waals surface area (Å²) in [7, 11) is 7.05. The fraction of sp³-hybridized carbons (Fsp3) is 0.250. The number of benzene rings is 1. The van der Waals surface area contributed by atoms with Crippen LogP contribution in [0.2, 0.25) is 0 Å². The quantitative estimate of drug-likeness (QED) is 0.552. The molecule has 0 saturated carbocycles. The second-order valence-electron chi connectivity index (χ2n) is 2.05. The Morgan fingerprint density at radius 2 is 1.90 bits per heavy atom. The number of ether oxygens (including phenoxy) is 1. The van der Waals surface area contributed by atoms with Crippen molar-refractivity contribution in [1.29, 1.82) is 0 Å². The smallest absolute Gasteiger partial charge is 0.118 e. The third kappa shape index (κ3) is 1.53.